The zero-order valence-electron chi connectivity index (χ0n) is 18.2. The van der Waals surface area contributed by atoms with Gasteiger partial charge in [0.05, 0.1) is 31.3 Å². The third kappa shape index (κ3) is 4.71. The maximum atomic E-state index is 13.3. The Kier molecular flexibility index (Phi) is 7.28. The summed E-state index contributed by atoms with van der Waals surface area (Å²) in [5.41, 5.74) is 2.16. The summed E-state index contributed by atoms with van der Waals surface area (Å²) in [5, 5.41) is 5.05. The van der Waals surface area contributed by atoms with E-state index in [0.717, 1.165) is 22.0 Å². The highest BCUT2D eigenvalue weighted by atomic mass is 79.9. The van der Waals surface area contributed by atoms with E-state index < -0.39 is 0 Å². The summed E-state index contributed by atoms with van der Waals surface area (Å²) in [4.78, 5) is 18.0. The van der Waals surface area contributed by atoms with E-state index in [1.54, 1.807) is 32.6 Å². The monoisotopic (exact) mass is 483 g/mol. The Morgan fingerprint density at radius 1 is 1.26 bits per heavy atom. The number of hydrogen-bond acceptors (Lipinski definition) is 5. The molecule has 0 fully saturated rings. The molecule has 1 heterocycles. The molecule has 0 N–H and O–H groups in total. The van der Waals surface area contributed by atoms with Crippen LogP contribution in [0.2, 0.25) is 0 Å². The van der Waals surface area contributed by atoms with E-state index in [1.165, 1.54) is 4.68 Å². The average molecular weight is 484 g/mol. The lowest BCUT2D eigenvalue weighted by atomic mass is 10.1. The van der Waals surface area contributed by atoms with Gasteiger partial charge in [-0.1, -0.05) is 35.9 Å². The van der Waals surface area contributed by atoms with Gasteiger partial charge in [0.25, 0.3) is 5.56 Å². The van der Waals surface area contributed by atoms with Crippen molar-refractivity contribution in [3.63, 3.8) is 0 Å². The fourth-order valence-corrected chi connectivity index (χ4v) is 3.71. The summed E-state index contributed by atoms with van der Waals surface area (Å²) in [5.74, 6) is 1.96. The Morgan fingerprint density at radius 3 is 2.68 bits per heavy atom. The van der Waals surface area contributed by atoms with Crippen LogP contribution < -0.4 is 15.0 Å². The fourth-order valence-electron chi connectivity index (χ4n) is 3.35. The van der Waals surface area contributed by atoms with Crippen molar-refractivity contribution in [2.75, 3.05) is 14.2 Å². The number of methoxy groups -OCH3 is 2. The Morgan fingerprint density at radius 2 is 2.03 bits per heavy atom. The largest absolute Gasteiger partial charge is 0.493 e. The van der Waals surface area contributed by atoms with Crippen molar-refractivity contribution in [1.29, 1.82) is 0 Å². The number of halogens is 1. The lowest BCUT2D eigenvalue weighted by Gasteiger charge is -2.15. The predicted octanol–water partition coefficient (Wildman–Crippen LogP) is 5.30. The second kappa shape index (κ2) is 9.92. The fraction of sp³-hybridized carbons (Fsp3) is 0.292. The first-order valence-corrected chi connectivity index (χ1v) is 10.8. The zero-order chi connectivity index (χ0) is 22.5. The number of rotatable bonds is 8. The van der Waals surface area contributed by atoms with Gasteiger partial charge in [-0.15, -0.1) is 6.58 Å². The van der Waals surface area contributed by atoms with E-state index in [-0.39, 0.29) is 11.5 Å². The molecule has 0 bridgehead atoms. The predicted molar refractivity (Wildman–Crippen MR) is 129 cm³/mol. The molecule has 1 aromatic heterocycles. The SMILES string of the molecule is C=CCc1cc(C=Nn2c([C@H](C)CC)nc3ccc(Br)cc3c2=O)cc(OC)c1OC. The van der Waals surface area contributed by atoms with Crippen molar-refractivity contribution in [2.45, 2.75) is 32.6 Å². The van der Waals surface area contributed by atoms with Gasteiger partial charge in [0.15, 0.2) is 11.5 Å². The minimum absolute atomic E-state index is 0.0691. The quantitative estimate of drug-likeness (QED) is 0.322. The molecule has 1 atom stereocenters. The topological polar surface area (TPSA) is 65.7 Å². The molecule has 0 aliphatic heterocycles. The van der Waals surface area contributed by atoms with Crippen molar-refractivity contribution >= 4 is 33.0 Å². The van der Waals surface area contributed by atoms with Crippen LogP contribution in [0.5, 0.6) is 11.5 Å². The Hall–Kier alpha value is -2.93. The first-order valence-electron chi connectivity index (χ1n) is 10.1. The summed E-state index contributed by atoms with van der Waals surface area (Å²) >= 11 is 3.43. The van der Waals surface area contributed by atoms with Crippen LogP contribution in [0, 0.1) is 0 Å². The molecule has 0 unspecified atom stereocenters. The standard InChI is InChI=1S/C24H26BrN3O3/c1-6-8-17-11-16(12-21(30-4)22(17)31-5)14-26-28-23(15(3)7-2)27-20-10-9-18(25)13-19(20)24(28)29/h6,9-15H,1,7-8H2,2-5H3/t15-/m1/s1. The first-order chi connectivity index (χ1) is 14.9. The Bertz CT molecular complexity index is 1200. The number of ether oxygens (including phenoxy) is 2. The zero-order valence-corrected chi connectivity index (χ0v) is 19.8. The highest BCUT2D eigenvalue weighted by Crippen LogP contribution is 2.32. The van der Waals surface area contributed by atoms with Crippen molar-refractivity contribution in [3.8, 4) is 11.5 Å². The van der Waals surface area contributed by atoms with Gasteiger partial charge in [-0.3, -0.25) is 4.79 Å². The molecule has 6 nitrogen and oxygen atoms in total. The van der Waals surface area contributed by atoms with Crippen LogP contribution in [-0.2, 0) is 6.42 Å². The van der Waals surface area contributed by atoms with Crippen molar-refractivity contribution in [1.82, 2.24) is 9.66 Å². The third-order valence-electron chi connectivity index (χ3n) is 5.15. The van der Waals surface area contributed by atoms with Gasteiger partial charge >= 0.3 is 0 Å². The highest BCUT2D eigenvalue weighted by Gasteiger charge is 2.16. The van der Waals surface area contributed by atoms with Crippen LogP contribution in [0.15, 0.2) is 57.4 Å². The lowest BCUT2D eigenvalue weighted by Crippen LogP contribution is -2.23. The van der Waals surface area contributed by atoms with Crippen LogP contribution in [0.1, 0.15) is 43.1 Å². The summed E-state index contributed by atoms with van der Waals surface area (Å²) in [6.07, 6.45) is 4.90. The normalized spacial score (nSPS) is 12.3. The molecule has 31 heavy (non-hydrogen) atoms. The maximum absolute atomic E-state index is 13.3. The number of benzene rings is 2. The van der Waals surface area contributed by atoms with Gasteiger partial charge in [-0.05, 0) is 48.7 Å². The summed E-state index contributed by atoms with van der Waals surface area (Å²) in [6.45, 7) is 7.91. The highest BCUT2D eigenvalue weighted by molar-refractivity contribution is 9.10. The van der Waals surface area contributed by atoms with Crippen molar-refractivity contribution in [2.24, 2.45) is 5.10 Å². The third-order valence-corrected chi connectivity index (χ3v) is 5.64. The number of aromatic nitrogens is 2. The molecule has 0 aliphatic carbocycles. The van der Waals surface area contributed by atoms with Crippen LogP contribution in [0.25, 0.3) is 10.9 Å². The minimum Gasteiger partial charge on any atom is -0.493 e. The molecule has 0 spiro atoms. The van der Waals surface area contributed by atoms with Gasteiger partial charge in [0.1, 0.15) is 5.82 Å². The van der Waals surface area contributed by atoms with Crippen LogP contribution in [0.4, 0.5) is 0 Å². The number of nitrogens with zero attached hydrogens (tertiary/aromatic N) is 3. The molecule has 7 heteroatoms. The second-order valence-electron chi connectivity index (χ2n) is 7.21. The van der Waals surface area contributed by atoms with Gasteiger partial charge in [-0.2, -0.15) is 9.78 Å². The first kappa shape index (κ1) is 22.7. The van der Waals surface area contributed by atoms with Crippen molar-refractivity contribution < 1.29 is 9.47 Å². The summed E-state index contributed by atoms with van der Waals surface area (Å²) in [7, 11) is 3.20. The molecular weight excluding hydrogens is 458 g/mol. The summed E-state index contributed by atoms with van der Waals surface area (Å²) in [6, 6.07) is 9.28. The molecular formula is C24H26BrN3O3. The van der Waals surface area contributed by atoms with Crippen LogP contribution in [0.3, 0.4) is 0 Å². The number of allylic oxidation sites excluding steroid dienone is 1. The van der Waals surface area contributed by atoms with E-state index in [2.05, 4.69) is 34.5 Å². The van der Waals surface area contributed by atoms with E-state index >= 15 is 0 Å². The van der Waals surface area contributed by atoms with E-state index in [4.69, 9.17) is 14.5 Å². The molecule has 0 radical (unpaired) electrons. The molecule has 3 rings (SSSR count). The minimum atomic E-state index is -0.204. The Balaban J connectivity index is 2.18. The Labute approximate surface area is 190 Å². The lowest BCUT2D eigenvalue weighted by molar-refractivity contribution is 0.352. The molecule has 0 saturated heterocycles. The van der Waals surface area contributed by atoms with Gasteiger partial charge < -0.3 is 9.47 Å². The number of fused-ring (bicyclic) bond motifs is 1. The van der Waals surface area contributed by atoms with Gasteiger partial charge in [-0.25, -0.2) is 4.98 Å². The van der Waals surface area contributed by atoms with Gasteiger partial charge in [0, 0.05) is 16.0 Å². The second-order valence-corrected chi connectivity index (χ2v) is 8.13. The van der Waals surface area contributed by atoms with Crippen LogP contribution >= 0.6 is 15.9 Å². The molecule has 3 aromatic rings. The molecule has 2 aromatic carbocycles. The maximum Gasteiger partial charge on any atom is 0.282 e. The van der Waals surface area contributed by atoms with E-state index in [1.807, 2.05) is 31.2 Å². The molecule has 0 aliphatic rings. The summed E-state index contributed by atoms with van der Waals surface area (Å²) < 4.78 is 13.2. The smallest absolute Gasteiger partial charge is 0.282 e. The molecule has 0 saturated carbocycles. The van der Waals surface area contributed by atoms with E-state index in [0.29, 0.717) is 34.6 Å². The molecule has 162 valence electrons. The molecule has 0 amide bonds. The van der Waals surface area contributed by atoms with Crippen LogP contribution in [-0.4, -0.2) is 30.1 Å². The van der Waals surface area contributed by atoms with E-state index in [9.17, 15) is 4.79 Å². The average Bonchev–Trinajstić information content (AvgIpc) is 2.78. The number of hydrogen-bond donors (Lipinski definition) is 0. The van der Waals surface area contributed by atoms with Gasteiger partial charge in [0.2, 0.25) is 0 Å². The van der Waals surface area contributed by atoms with Crippen molar-refractivity contribution in [3.05, 3.63) is 74.8 Å².